The highest BCUT2D eigenvalue weighted by Gasteiger charge is 2.43. The minimum Gasteiger partial charge on any atom is -0.394 e. The van der Waals surface area contributed by atoms with Crippen molar-refractivity contribution in [3.05, 3.63) is 35.9 Å². The zero-order valence-corrected chi connectivity index (χ0v) is 33.0. The van der Waals surface area contributed by atoms with Gasteiger partial charge in [0.25, 0.3) is 0 Å². The van der Waals surface area contributed by atoms with Gasteiger partial charge in [-0.15, -0.1) is 0 Å². The maximum Gasteiger partial charge on any atom is 0.318 e. The number of carbonyl (C=O) groups excluding carboxylic acids is 4. The standard InChI is InChI=1S/C39H66N6O7/c1-10-26(4)35(43(7)38(49)34(25(2)3)42-39(50)44-20-18-40-23-27(44)5)32(51-8)22-33(47)45-19-14-17-31(45)36(52-9)28(6)37(48)41-30(24-46)21-29-15-12-11-13-16-29/h11-13,15-16,25-28,30-32,34-36,40,46H,10,14,17-24H2,1-9H3,(H,41,48)(H,42,50)/t26-,27+,28+,30-,31-,32-,34-,35-,36+/m0/s1. The van der Waals surface area contributed by atoms with Crippen LogP contribution in [0.25, 0.3) is 0 Å². The Kier molecular flexibility index (Phi) is 17.3. The normalized spacial score (nSPS) is 21.8. The Balaban J connectivity index is 1.74. The van der Waals surface area contributed by atoms with Crippen molar-refractivity contribution in [2.75, 3.05) is 54.1 Å². The van der Waals surface area contributed by atoms with E-state index in [9.17, 15) is 24.3 Å². The molecule has 9 atom stereocenters. The third kappa shape index (κ3) is 11.1. The first-order valence-corrected chi connectivity index (χ1v) is 19.1. The van der Waals surface area contributed by atoms with Gasteiger partial charge >= 0.3 is 6.03 Å². The molecule has 5 amide bonds. The van der Waals surface area contributed by atoms with Gasteiger partial charge in [0.1, 0.15) is 6.04 Å². The van der Waals surface area contributed by atoms with Crippen LogP contribution in [0, 0.1) is 17.8 Å². The van der Waals surface area contributed by atoms with Gasteiger partial charge in [-0.3, -0.25) is 14.4 Å². The van der Waals surface area contributed by atoms with Gasteiger partial charge in [-0.1, -0.05) is 71.4 Å². The summed E-state index contributed by atoms with van der Waals surface area (Å²) in [6.45, 7) is 14.0. The van der Waals surface area contributed by atoms with Crippen LogP contribution >= 0.6 is 0 Å². The van der Waals surface area contributed by atoms with Crippen LogP contribution in [0.2, 0.25) is 0 Å². The van der Waals surface area contributed by atoms with Crippen LogP contribution in [0.3, 0.4) is 0 Å². The molecule has 2 saturated heterocycles. The first kappa shape index (κ1) is 43.1. The molecular weight excluding hydrogens is 664 g/mol. The second kappa shape index (κ2) is 20.8. The van der Waals surface area contributed by atoms with E-state index in [0.29, 0.717) is 39.0 Å². The largest absolute Gasteiger partial charge is 0.394 e. The van der Waals surface area contributed by atoms with E-state index in [1.165, 1.54) is 0 Å². The molecule has 0 saturated carbocycles. The smallest absolute Gasteiger partial charge is 0.318 e. The number of benzene rings is 1. The van der Waals surface area contributed by atoms with E-state index < -0.39 is 36.3 Å². The maximum atomic E-state index is 14.2. The van der Waals surface area contributed by atoms with Crippen LogP contribution in [0.15, 0.2) is 30.3 Å². The Morgan fingerprint density at radius 3 is 2.29 bits per heavy atom. The van der Waals surface area contributed by atoms with Crippen LogP contribution in [-0.2, 0) is 30.3 Å². The van der Waals surface area contributed by atoms with Crippen molar-refractivity contribution >= 4 is 23.8 Å². The fraction of sp³-hybridized carbons (Fsp3) is 0.744. The number of rotatable bonds is 18. The van der Waals surface area contributed by atoms with Gasteiger partial charge in [0.05, 0.1) is 49.3 Å². The lowest BCUT2D eigenvalue weighted by molar-refractivity contribution is -0.147. The molecule has 4 N–H and O–H groups in total. The first-order chi connectivity index (χ1) is 24.8. The third-order valence-corrected chi connectivity index (χ3v) is 11.1. The van der Waals surface area contributed by atoms with Crippen LogP contribution in [-0.4, -0.2) is 140 Å². The molecule has 2 heterocycles. The number of nitrogens with one attached hydrogen (secondary N) is 3. The molecule has 2 fully saturated rings. The number of methoxy groups -OCH3 is 2. The molecule has 0 aliphatic carbocycles. The highest BCUT2D eigenvalue weighted by Crippen LogP contribution is 2.30. The van der Waals surface area contributed by atoms with Crippen molar-refractivity contribution in [2.45, 2.75) is 116 Å². The predicted octanol–water partition coefficient (Wildman–Crippen LogP) is 2.65. The van der Waals surface area contributed by atoms with Crippen LogP contribution < -0.4 is 16.0 Å². The Hall–Kier alpha value is -3.26. The summed E-state index contributed by atoms with van der Waals surface area (Å²) in [5.74, 6) is -1.36. The maximum absolute atomic E-state index is 14.2. The molecule has 13 nitrogen and oxygen atoms in total. The molecule has 2 aliphatic rings. The second-order valence-corrected chi connectivity index (χ2v) is 15.1. The Morgan fingerprint density at radius 1 is 1.02 bits per heavy atom. The van der Waals surface area contributed by atoms with E-state index in [0.717, 1.165) is 18.4 Å². The van der Waals surface area contributed by atoms with Gasteiger partial charge in [0.2, 0.25) is 17.7 Å². The fourth-order valence-corrected chi connectivity index (χ4v) is 7.79. The average Bonchev–Trinajstić information content (AvgIpc) is 3.63. The van der Waals surface area contributed by atoms with Crippen molar-refractivity contribution in [1.82, 2.24) is 30.7 Å². The van der Waals surface area contributed by atoms with Gasteiger partial charge in [0.15, 0.2) is 0 Å². The van der Waals surface area contributed by atoms with Gasteiger partial charge in [-0.05, 0) is 43.6 Å². The molecule has 1 aromatic carbocycles. The number of urea groups is 1. The lowest BCUT2D eigenvalue weighted by atomic mass is 9.89. The van der Waals surface area contributed by atoms with Crippen molar-refractivity contribution in [3.8, 4) is 0 Å². The molecule has 13 heteroatoms. The Morgan fingerprint density at radius 2 is 1.71 bits per heavy atom. The van der Waals surface area contributed by atoms with E-state index in [2.05, 4.69) is 16.0 Å². The summed E-state index contributed by atoms with van der Waals surface area (Å²) in [6, 6.07) is 7.47. The molecule has 0 aromatic heterocycles. The number of aliphatic hydroxyl groups is 1. The SMILES string of the molecule is CC[C@H](C)[C@@H]([C@H](CC(=O)N1CCC[C@H]1[C@H](OC)[C@@H](C)C(=O)N[C@H](CO)Cc1ccccc1)OC)N(C)C(=O)[C@@H](NC(=O)N1CCNC[C@H]1C)C(C)C. The molecule has 1 aromatic rings. The summed E-state index contributed by atoms with van der Waals surface area (Å²) in [5.41, 5.74) is 1.01. The van der Waals surface area contributed by atoms with Gasteiger partial charge in [-0.25, -0.2) is 4.79 Å². The number of aliphatic hydroxyl groups excluding tert-OH is 1. The summed E-state index contributed by atoms with van der Waals surface area (Å²) >= 11 is 0. The van der Waals surface area contributed by atoms with E-state index in [1.54, 1.807) is 42.9 Å². The number of likely N-dealkylation sites (tertiary alicyclic amines) is 1. The van der Waals surface area contributed by atoms with Gasteiger partial charge in [0, 0.05) is 53.5 Å². The molecular formula is C39H66N6O7. The molecule has 52 heavy (non-hydrogen) atoms. The zero-order chi connectivity index (χ0) is 38.5. The van der Waals surface area contributed by atoms with Crippen LogP contribution in [0.5, 0.6) is 0 Å². The minimum absolute atomic E-state index is 0.00715. The highest BCUT2D eigenvalue weighted by atomic mass is 16.5. The number of ether oxygens (including phenoxy) is 2. The molecule has 0 bridgehead atoms. The third-order valence-electron chi connectivity index (χ3n) is 11.1. The average molecular weight is 731 g/mol. The zero-order valence-electron chi connectivity index (χ0n) is 33.0. The molecule has 294 valence electrons. The topological polar surface area (TPSA) is 153 Å². The number of amides is 5. The summed E-state index contributed by atoms with van der Waals surface area (Å²) in [7, 11) is 4.87. The number of hydrogen-bond acceptors (Lipinski definition) is 8. The van der Waals surface area contributed by atoms with Crippen LogP contribution in [0.1, 0.15) is 72.8 Å². The number of nitrogens with zero attached hydrogens (tertiary/aromatic N) is 3. The van der Waals surface area contributed by atoms with Crippen molar-refractivity contribution in [2.24, 2.45) is 17.8 Å². The van der Waals surface area contributed by atoms with Crippen molar-refractivity contribution in [3.63, 3.8) is 0 Å². The number of carbonyl (C=O) groups is 4. The number of likely N-dealkylation sites (N-methyl/N-ethyl adjacent to an activating group) is 1. The minimum atomic E-state index is -0.754. The quantitative estimate of drug-likeness (QED) is 0.180. The number of piperazine rings is 1. The monoisotopic (exact) mass is 730 g/mol. The Labute approximate surface area is 311 Å². The summed E-state index contributed by atoms with van der Waals surface area (Å²) in [6.07, 6.45) is 1.56. The molecule has 0 radical (unpaired) electrons. The van der Waals surface area contributed by atoms with Gasteiger partial charge in [-0.2, -0.15) is 0 Å². The summed E-state index contributed by atoms with van der Waals surface area (Å²) in [4.78, 5) is 60.4. The lowest BCUT2D eigenvalue weighted by Gasteiger charge is -2.41. The summed E-state index contributed by atoms with van der Waals surface area (Å²) < 4.78 is 11.9. The van der Waals surface area contributed by atoms with Gasteiger partial charge < -0.3 is 45.2 Å². The lowest BCUT2D eigenvalue weighted by Crippen LogP contribution is -2.61. The van der Waals surface area contributed by atoms with E-state index in [1.807, 2.05) is 65.0 Å². The second-order valence-electron chi connectivity index (χ2n) is 15.1. The fourth-order valence-electron chi connectivity index (χ4n) is 7.79. The number of hydrogen-bond donors (Lipinski definition) is 4. The van der Waals surface area contributed by atoms with Crippen molar-refractivity contribution < 1.29 is 33.8 Å². The first-order valence-electron chi connectivity index (χ1n) is 19.1. The predicted molar refractivity (Wildman–Crippen MR) is 201 cm³/mol. The molecule has 2 aliphatic heterocycles. The van der Waals surface area contributed by atoms with E-state index in [-0.39, 0.29) is 60.7 Å². The highest BCUT2D eigenvalue weighted by molar-refractivity contribution is 5.88. The van der Waals surface area contributed by atoms with E-state index in [4.69, 9.17) is 9.47 Å². The molecule has 0 spiro atoms. The summed E-state index contributed by atoms with van der Waals surface area (Å²) in [5, 5.41) is 19.3. The van der Waals surface area contributed by atoms with E-state index >= 15 is 0 Å². The molecule has 0 unspecified atom stereocenters. The van der Waals surface area contributed by atoms with Crippen LogP contribution in [0.4, 0.5) is 4.79 Å². The molecule has 3 rings (SSSR count). The Bertz CT molecular complexity index is 1280. The van der Waals surface area contributed by atoms with Crippen molar-refractivity contribution in [1.29, 1.82) is 0 Å².